The van der Waals surface area contributed by atoms with Gasteiger partial charge in [-0.25, -0.2) is 4.79 Å². The molecule has 0 radical (unpaired) electrons. The summed E-state index contributed by atoms with van der Waals surface area (Å²) in [6, 6.07) is 8.90. The summed E-state index contributed by atoms with van der Waals surface area (Å²) in [6.07, 6.45) is 5.28. The van der Waals surface area contributed by atoms with Crippen LogP contribution >= 0.6 is 0 Å². The molecule has 2 aliphatic rings. The van der Waals surface area contributed by atoms with Crippen molar-refractivity contribution in [2.75, 3.05) is 6.61 Å². The maximum Gasteiger partial charge on any atom is 0.336 e. The van der Waals surface area contributed by atoms with E-state index in [-0.39, 0.29) is 22.6 Å². The molecule has 1 N–H and O–H groups in total. The standard InChI is InChI=1S/C23H30O4/c1-15-18(24)8-9-20-22(2,11-4-12-23(15,20)3)14-26-17-7-5-16-6-10-21(25)27-19(16)13-17/h5-7,10,13,15,18,20,24H,4,8-9,11-12,14H2,1-3H3/t15-,18-,20-,22-,23+/m1/s1. The molecule has 0 aliphatic heterocycles. The largest absolute Gasteiger partial charge is 0.493 e. The van der Waals surface area contributed by atoms with Crippen molar-refractivity contribution in [1.82, 2.24) is 0 Å². The van der Waals surface area contributed by atoms with Crippen molar-refractivity contribution in [3.63, 3.8) is 0 Å². The highest BCUT2D eigenvalue weighted by Gasteiger charge is 2.54. The number of aliphatic hydroxyl groups is 1. The van der Waals surface area contributed by atoms with E-state index >= 15 is 0 Å². The molecule has 2 saturated carbocycles. The summed E-state index contributed by atoms with van der Waals surface area (Å²) in [6.45, 7) is 7.58. The zero-order valence-electron chi connectivity index (χ0n) is 16.5. The van der Waals surface area contributed by atoms with Gasteiger partial charge in [-0.1, -0.05) is 27.2 Å². The second kappa shape index (κ2) is 6.66. The molecule has 2 aliphatic carbocycles. The Morgan fingerprint density at radius 1 is 1.19 bits per heavy atom. The molecule has 146 valence electrons. The Kier molecular flexibility index (Phi) is 4.58. The van der Waals surface area contributed by atoms with Gasteiger partial charge in [-0.15, -0.1) is 0 Å². The molecule has 5 atom stereocenters. The van der Waals surface area contributed by atoms with Crippen LogP contribution in [0.2, 0.25) is 0 Å². The number of hydrogen-bond donors (Lipinski definition) is 1. The highest BCUT2D eigenvalue weighted by Crippen LogP contribution is 2.59. The number of benzene rings is 1. The van der Waals surface area contributed by atoms with Gasteiger partial charge in [0.05, 0.1) is 12.7 Å². The molecule has 4 heteroatoms. The van der Waals surface area contributed by atoms with Crippen molar-refractivity contribution >= 4 is 11.0 Å². The fraction of sp³-hybridized carbons (Fsp3) is 0.609. The third kappa shape index (κ3) is 3.18. The first-order chi connectivity index (χ1) is 12.8. The molecule has 0 spiro atoms. The van der Waals surface area contributed by atoms with Gasteiger partial charge in [-0.05, 0) is 61.1 Å². The molecule has 2 aromatic rings. The van der Waals surface area contributed by atoms with Gasteiger partial charge in [-0.3, -0.25) is 0 Å². The zero-order chi connectivity index (χ0) is 19.2. The predicted molar refractivity (Wildman–Crippen MR) is 106 cm³/mol. The average Bonchev–Trinajstić information content (AvgIpc) is 2.64. The van der Waals surface area contributed by atoms with Crippen LogP contribution < -0.4 is 10.4 Å². The monoisotopic (exact) mass is 370 g/mol. The molecule has 0 saturated heterocycles. The quantitative estimate of drug-likeness (QED) is 0.790. The van der Waals surface area contributed by atoms with E-state index in [2.05, 4.69) is 20.8 Å². The van der Waals surface area contributed by atoms with Crippen molar-refractivity contribution in [2.24, 2.45) is 22.7 Å². The molecule has 0 unspecified atom stereocenters. The van der Waals surface area contributed by atoms with E-state index in [1.165, 1.54) is 18.9 Å². The van der Waals surface area contributed by atoms with Crippen molar-refractivity contribution in [3.8, 4) is 5.75 Å². The summed E-state index contributed by atoms with van der Waals surface area (Å²) in [5, 5.41) is 11.3. The van der Waals surface area contributed by atoms with Crippen LogP contribution in [-0.4, -0.2) is 17.8 Å². The summed E-state index contributed by atoms with van der Waals surface area (Å²) in [4.78, 5) is 11.5. The number of ether oxygens (including phenoxy) is 1. The van der Waals surface area contributed by atoms with E-state index in [0.29, 0.717) is 24.0 Å². The van der Waals surface area contributed by atoms with E-state index < -0.39 is 0 Å². The lowest BCUT2D eigenvalue weighted by Crippen LogP contribution is -2.54. The summed E-state index contributed by atoms with van der Waals surface area (Å²) in [5.41, 5.74) is 0.482. The van der Waals surface area contributed by atoms with Gasteiger partial charge < -0.3 is 14.3 Å². The van der Waals surface area contributed by atoms with Crippen LogP contribution in [0.1, 0.15) is 52.9 Å². The average molecular weight is 370 g/mol. The van der Waals surface area contributed by atoms with Gasteiger partial charge in [0.2, 0.25) is 0 Å². The third-order valence-corrected chi connectivity index (χ3v) is 7.63. The van der Waals surface area contributed by atoms with Gasteiger partial charge in [0, 0.05) is 22.9 Å². The van der Waals surface area contributed by atoms with Crippen molar-refractivity contribution in [2.45, 2.75) is 59.0 Å². The number of aliphatic hydroxyl groups excluding tert-OH is 1. The molecule has 0 bridgehead atoms. The van der Waals surface area contributed by atoms with Gasteiger partial charge in [0.25, 0.3) is 0 Å². The van der Waals surface area contributed by atoms with Gasteiger partial charge >= 0.3 is 5.63 Å². The lowest BCUT2D eigenvalue weighted by atomic mass is 9.48. The van der Waals surface area contributed by atoms with Crippen LogP contribution in [-0.2, 0) is 0 Å². The Morgan fingerprint density at radius 3 is 2.78 bits per heavy atom. The number of rotatable bonds is 3. The fourth-order valence-corrected chi connectivity index (χ4v) is 5.82. The molecule has 27 heavy (non-hydrogen) atoms. The SMILES string of the molecule is C[C@@H]1[C@H](O)CC[C@@H]2[C@@](C)(COc3ccc4ccc(=O)oc4c3)CCC[C@@]12C. The van der Waals surface area contributed by atoms with E-state index in [9.17, 15) is 9.90 Å². The molecular weight excluding hydrogens is 340 g/mol. The maximum absolute atomic E-state index is 11.5. The molecule has 4 rings (SSSR count). The first-order valence-electron chi connectivity index (χ1n) is 10.2. The van der Waals surface area contributed by atoms with Crippen LogP contribution in [0.25, 0.3) is 11.0 Å². The van der Waals surface area contributed by atoms with E-state index in [1.54, 1.807) is 6.07 Å². The molecule has 1 aromatic heterocycles. The first kappa shape index (κ1) is 18.5. The van der Waals surface area contributed by atoms with Crippen molar-refractivity contribution in [3.05, 3.63) is 40.8 Å². The highest BCUT2D eigenvalue weighted by molar-refractivity contribution is 5.77. The van der Waals surface area contributed by atoms with Crippen LogP contribution in [0.3, 0.4) is 0 Å². The summed E-state index contributed by atoms with van der Waals surface area (Å²) >= 11 is 0. The fourth-order valence-electron chi connectivity index (χ4n) is 5.82. The third-order valence-electron chi connectivity index (χ3n) is 7.63. The van der Waals surface area contributed by atoms with E-state index in [4.69, 9.17) is 9.15 Å². The van der Waals surface area contributed by atoms with Crippen LogP contribution in [0.4, 0.5) is 0 Å². The van der Waals surface area contributed by atoms with Crippen LogP contribution in [0, 0.1) is 22.7 Å². The first-order valence-corrected chi connectivity index (χ1v) is 10.2. The molecule has 1 heterocycles. The van der Waals surface area contributed by atoms with Gasteiger partial charge in [0.15, 0.2) is 0 Å². The summed E-state index contributed by atoms with van der Waals surface area (Å²) < 4.78 is 11.5. The minimum Gasteiger partial charge on any atom is -0.493 e. The predicted octanol–water partition coefficient (Wildman–Crippen LogP) is 4.78. The molecule has 1 aromatic carbocycles. The minimum atomic E-state index is -0.343. The second-order valence-corrected chi connectivity index (χ2v) is 9.24. The van der Waals surface area contributed by atoms with Crippen LogP contribution in [0.5, 0.6) is 5.75 Å². The Bertz CT molecular complexity index is 887. The normalized spacial score (nSPS) is 36.4. The molecule has 4 nitrogen and oxygen atoms in total. The Morgan fingerprint density at radius 2 is 1.96 bits per heavy atom. The number of fused-ring (bicyclic) bond motifs is 2. The molecule has 0 amide bonds. The number of hydrogen-bond acceptors (Lipinski definition) is 4. The van der Waals surface area contributed by atoms with Gasteiger partial charge in [0.1, 0.15) is 11.3 Å². The Hall–Kier alpha value is -1.81. The van der Waals surface area contributed by atoms with Crippen molar-refractivity contribution in [1.29, 1.82) is 0 Å². The second-order valence-electron chi connectivity index (χ2n) is 9.24. The molecular formula is C23H30O4. The smallest absolute Gasteiger partial charge is 0.336 e. The minimum absolute atomic E-state index is 0.0912. The van der Waals surface area contributed by atoms with Crippen LogP contribution in [0.15, 0.2) is 39.5 Å². The Balaban J connectivity index is 1.55. The zero-order valence-corrected chi connectivity index (χ0v) is 16.5. The Labute approximate surface area is 160 Å². The van der Waals surface area contributed by atoms with Gasteiger partial charge in [-0.2, -0.15) is 0 Å². The summed E-state index contributed by atoms with van der Waals surface area (Å²) in [7, 11) is 0. The lowest BCUT2D eigenvalue weighted by Gasteiger charge is -2.58. The topological polar surface area (TPSA) is 59.7 Å². The molecule has 2 fully saturated rings. The van der Waals surface area contributed by atoms with E-state index in [1.807, 2.05) is 18.2 Å². The highest BCUT2D eigenvalue weighted by atomic mass is 16.5. The lowest BCUT2D eigenvalue weighted by molar-refractivity contribution is -0.131. The summed E-state index contributed by atoms with van der Waals surface area (Å²) in [5.74, 6) is 1.62. The maximum atomic E-state index is 11.5. The van der Waals surface area contributed by atoms with Crippen molar-refractivity contribution < 1.29 is 14.3 Å². The van der Waals surface area contributed by atoms with E-state index in [0.717, 1.165) is 30.4 Å².